The van der Waals surface area contributed by atoms with Gasteiger partial charge in [0.1, 0.15) is 11.9 Å². The number of allylic oxidation sites excluding steroid dienone is 6. The molecular formula is C52H70N4O2. The number of ketones is 1. The van der Waals surface area contributed by atoms with E-state index in [1.165, 1.54) is 40.3 Å². The average Bonchev–Trinajstić information content (AvgIpc) is 3.92. The molecule has 310 valence electrons. The number of benzene rings is 3. The van der Waals surface area contributed by atoms with Crippen molar-refractivity contribution in [2.45, 2.75) is 141 Å². The first kappa shape index (κ1) is 47.3. The fourth-order valence-corrected chi connectivity index (χ4v) is 7.16. The van der Waals surface area contributed by atoms with E-state index in [0.717, 1.165) is 57.4 Å². The van der Waals surface area contributed by atoms with E-state index in [-0.39, 0.29) is 5.78 Å². The molecule has 1 atom stereocenters. The number of aryl methyl sites for hydroxylation is 2. The lowest BCUT2D eigenvalue weighted by molar-refractivity contribution is 0.0999. The molecule has 3 aliphatic rings. The van der Waals surface area contributed by atoms with Crippen LogP contribution in [-0.2, 0) is 51.6 Å². The molecule has 1 N–H and O–H groups in total. The van der Waals surface area contributed by atoms with Crippen molar-refractivity contribution >= 4 is 5.78 Å². The number of aliphatic hydroxyl groups is 1. The zero-order valence-corrected chi connectivity index (χ0v) is 37.6. The molecule has 0 saturated heterocycles. The van der Waals surface area contributed by atoms with E-state index < -0.39 is 6.10 Å². The summed E-state index contributed by atoms with van der Waals surface area (Å²) in [5.74, 6) is 1.30. The van der Waals surface area contributed by atoms with Crippen LogP contribution >= 0.6 is 0 Å². The topological polar surface area (TPSA) is 72.9 Å². The molecule has 0 bridgehead atoms. The summed E-state index contributed by atoms with van der Waals surface area (Å²) in [6.07, 6.45) is 13.5. The monoisotopic (exact) mass is 783 g/mol. The first-order chi connectivity index (χ1) is 27.8. The first-order valence-electron chi connectivity index (χ1n) is 21.2. The lowest BCUT2D eigenvalue weighted by Crippen LogP contribution is -2.05. The molecule has 0 fully saturated rings. The second-order valence-electron chi connectivity index (χ2n) is 15.4. The first-order valence-corrected chi connectivity index (χ1v) is 21.2. The Morgan fingerprint density at radius 3 is 1.05 bits per heavy atom. The number of Topliss-reactive ketones (excluding diaryl/α,β-unsaturated/α-hetero) is 1. The second-order valence-corrected chi connectivity index (χ2v) is 15.4. The van der Waals surface area contributed by atoms with Crippen LogP contribution in [-0.4, -0.2) is 30.0 Å². The molecule has 3 aliphatic carbocycles. The lowest BCUT2D eigenvalue weighted by Gasteiger charge is -2.18. The van der Waals surface area contributed by atoms with Crippen molar-refractivity contribution in [1.82, 2.24) is 19.1 Å². The van der Waals surface area contributed by atoms with E-state index in [4.69, 9.17) is 5.11 Å². The van der Waals surface area contributed by atoms with Gasteiger partial charge in [-0.3, -0.25) is 4.79 Å². The van der Waals surface area contributed by atoms with Gasteiger partial charge in [-0.25, -0.2) is 9.97 Å². The third-order valence-corrected chi connectivity index (χ3v) is 11.1. The lowest BCUT2D eigenvalue weighted by atomic mass is 9.88. The summed E-state index contributed by atoms with van der Waals surface area (Å²) in [7, 11) is 0. The zero-order chi connectivity index (χ0) is 42.8. The molecule has 2 aromatic heterocycles. The van der Waals surface area contributed by atoms with Crippen LogP contribution in [0.5, 0.6) is 0 Å². The van der Waals surface area contributed by atoms with Gasteiger partial charge in [0.25, 0.3) is 0 Å². The van der Waals surface area contributed by atoms with Gasteiger partial charge in [-0.05, 0) is 134 Å². The van der Waals surface area contributed by atoms with Crippen LogP contribution in [0.25, 0.3) is 0 Å². The highest BCUT2D eigenvalue weighted by Crippen LogP contribution is 2.27. The Morgan fingerprint density at radius 2 is 0.828 bits per heavy atom. The number of hydrogen-bond acceptors (Lipinski definition) is 4. The predicted molar refractivity (Wildman–Crippen MR) is 244 cm³/mol. The van der Waals surface area contributed by atoms with Gasteiger partial charge >= 0.3 is 0 Å². The predicted octanol–water partition coefficient (Wildman–Crippen LogP) is 12.5. The quantitative estimate of drug-likeness (QED) is 0.146. The summed E-state index contributed by atoms with van der Waals surface area (Å²) >= 11 is 0. The van der Waals surface area contributed by atoms with Crippen LogP contribution in [0.1, 0.15) is 139 Å². The third-order valence-electron chi connectivity index (χ3n) is 11.1. The van der Waals surface area contributed by atoms with Crippen molar-refractivity contribution in [3.63, 3.8) is 0 Å². The maximum absolute atomic E-state index is 10.8. The molecule has 0 aliphatic heterocycles. The average molecular weight is 783 g/mol. The van der Waals surface area contributed by atoms with Gasteiger partial charge in [0, 0.05) is 44.8 Å². The fraction of sp³-hybridized carbons (Fsp3) is 0.404. The Kier molecular flexibility index (Phi) is 19.6. The number of aliphatic hydroxyl groups excluding tert-OH is 1. The molecule has 0 spiro atoms. The van der Waals surface area contributed by atoms with Gasteiger partial charge < -0.3 is 14.2 Å². The van der Waals surface area contributed by atoms with Crippen molar-refractivity contribution in [3.8, 4) is 0 Å². The molecule has 6 heteroatoms. The van der Waals surface area contributed by atoms with Crippen LogP contribution in [0.3, 0.4) is 0 Å². The maximum atomic E-state index is 10.8. The van der Waals surface area contributed by atoms with Crippen LogP contribution in [0.4, 0.5) is 0 Å². The van der Waals surface area contributed by atoms with Crippen LogP contribution in [0.15, 0.2) is 131 Å². The second kappa shape index (κ2) is 24.0. The highest BCUT2D eigenvalue weighted by atomic mass is 16.3. The van der Waals surface area contributed by atoms with E-state index in [9.17, 15) is 4.79 Å². The Hall–Kier alpha value is -5.07. The maximum Gasteiger partial charge on any atom is 0.195 e. The summed E-state index contributed by atoms with van der Waals surface area (Å²) in [6, 6.07) is 26.2. The fourth-order valence-electron chi connectivity index (χ4n) is 7.16. The molecule has 58 heavy (non-hydrogen) atoms. The third kappa shape index (κ3) is 13.8. The van der Waals surface area contributed by atoms with Crippen molar-refractivity contribution in [2.75, 3.05) is 0 Å². The molecule has 0 saturated carbocycles. The number of hydrogen-bond donors (Lipinski definition) is 1. The van der Waals surface area contributed by atoms with E-state index in [2.05, 4.69) is 124 Å². The number of carbonyl (C=O) groups excluding carboxylic acids is 1. The molecule has 0 amide bonds. The van der Waals surface area contributed by atoms with Crippen molar-refractivity contribution in [3.05, 3.63) is 176 Å². The minimum absolute atomic E-state index is 0.0202. The van der Waals surface area contributed by atoms with Crippen molar-refractivity contribution in [1.29, 1.82) is 0 Å². The Labute approximate surface area is 350 Å². The van der Waals surface area contributed by atoms with Crippen molar-refractivity contribution in [2.24, 2.45) is 0 Å². The summed E-state index contributed by atoms with van der Waals surface area (Å²) in [5.41, 5.74) is 18.4. The number of fused-ring (bicyclic) bond motifs is 3. The van der Waals surface area contributed by atoms with E-state index in [1.807, 2.05) is 43.0 Å². The molecule has 8 rings (SSSR count). The van der Waals surface area contributed by atoms with Crippen LogP contribution < -0.4 is 0 Å². The van der Waals surface area contributed by atoms with Gasteiger partial charge in [0.15, 0.2) is 11.6 Å². The minimum Gasteiger partial charge on any atom is -0.385 e. The van der Waals surface area contributed by atoms with Crippen LogP contribution in [0, 0.1) is 0 Å². The van der Waals surface area contributed by atoms with Gasteiger partial charge in [0.05, 0.1) is 0 Å². The SMILES string of the molecule is CC.CC1=C(C)Cc2ccccc2C1.CC1=C(C)Cc2ccccc2C1.CC1=C(C)Cc2ccccc2C1.CCn1ccnc1C(C)=O.CCn1ccnc1C(C)O. The molecule has 2 heterocycles. The van der Waals surface area contributed by atoms with Gasteiger partial charge in [0.2, 0.25) is 0 Å². The summed E-state index contributed by atoms with van der Waals surface area (Å²) in [4.78, 5) is 18.7. The molecule has 0 radical (unpaired) electrons. The standard InChI is InChI=1S/3C12H14.C7H12N2O.C7H10N2O.C2H6/c3*1-9-7-11-5-3-4-6-12(11)8-10(9)2;2*1-3-9-5-4-8-7(9)6(2)10;1-2/h3*3-6H,7-8H2,1-2H3;4-6,10H,3H2,1-2H3;4-5H,3H2,1-2H3;1-2H3. The Balaban J connectivity index is 0.000000192. The Morgan fingerprint density at radius 1 is 0.552 bits per heavy atom. The normalized spacial score (nSPS) is 14.2. The number of carbonyl (C=O) groups is 1. The molecular weight excluding hydrogens is 713 g/mol. The summed E-state index contributed by atoms with van der Waals surface area (Å²) in [5, 5.41) is 9.14. The van der Waals surface area contributed by atoms with E-state index in [0.29, 0.717) is 5.82 Å². The zero-order valence-electron chi connectivity index (χ0n) is 37.6. The van der Waals surface area contributed by atoms with Gasteiger partial charge in [-0.2, -0.15) is 0 Å². The number of rotatable bonds is 4. The smallest absolute Gasteiger partial charge is 0.195 e. The highest BCUT2D eigenvalue weighted by Gasteiger charge is 2.13. The minimum atomic E-state index is -0.463. The molecule has 1 unspecified atom stereocenters. The summed E-state index contributed by atoms with van der Waals surface area (Å²) in [6.45, 7) is 26.4. The number of nitrogens with zero attached hydrogens (tertiary/aromatic N) is 4. The largest absolute Gasteiger partial charge is 0.385 e. The van der Waals surface area contributed by atoms with E-state index >= 15 is 0 Å². The number of imidazole rings is 2. The van der Waals surface area contributed by atoms with Gasteiger partial charge in [-0.15, -0.1) is 0 Å². The highest BCUT2D eigenvalue weighted by molar-refractivity contribution is 5.90. The molecule has 6 nitrogen and oxygen atoms in total. The molecule has 3 aromatic carbocycles. The van der Waals surface area contributed by atoms with Crippen LogP contribution in [0.2, 0.25) is 0 Å². The van der Waals surface area contributed by atoms with Crippen molar-refractivity contribution < 1.29 is 9.90 Å². The molecule has 5 aromatic rings. The Bertz CT molecular complexity index is 1890. The summed E-state index contributed by atoms with van der Waals surface area (Å²) < 4.78 is 3.74. The number of aromatic nitrogens is 4. The van der Waals surface area contributed by atoms with E-state index in [1.54, 1.807) is 59.0 Å². The van der Waals surface area contributed by atoms with Gasteiger partial charge in [-0.1, -0.05) is 120 Å².